The lowest BCUT2D eigenvalue weighted by atomic mass is 10.2. The van der Waals surface area contributed by atoms with Crippen LogP contribution in [0.4, 0.5) is 11.4 Å². The van der Waals surface area contributed by atoms with E-state index in [-0.39, 0.29) is 17.5 Å². The Morgan fingerprint density at radius 2 is 2.00 bits per heavy atom. The third-order valence-electron chi connectivity index (χ3n) is 2.17. The zero-order valence-corrected chi connectivity index (χ0v) is 9.95. The maximum atomic E-state index is 10.8. The van der Waals surface area contributed by atoms with Crippen molar-refractivity contribution in [1.29, 1.82) is 0 Å². The summed E-state index contributed by atoms with van der Waals surface area (Å²) in [4.78, 5) is 20.0. The monoisotopic (exact) mass is 255 g/mol. The number of nitrogens with zero attached hydrogens (tertiary/aromatic N) is 2. The molecule has 1 atom stereocenters. The van der Waals surface area contributed by atoms with Crippen molar-refractivity contribution >= 4 is 11.4 Å². The van der Waals surface area contributed by atoms with Gasteiger partial charge in [0, 0.05) is 12.6 Å². The van der Waals surface area contributed by atoms with Crippen LogP contribution in [0.25, 0.3) is 0 Å². The van der Waals surface area contributed by atoms with Crippen molar-refractivity contribution in [3.8, 4) is 5.75 Å². The minimum Gasteiger partial charge on any atom is -0.482 e. The smallest absolute Gasteiger partial charge is 0.317 e. The Kier molecular flexibility index (Phi) is 4.55. The highest BCUT2D eigenvalue weighted by Crippen LogP contribution is 2.31. The molecule has 1 aromatic carbocycles. The van der Waals surface area contributed by atoms with Crippen LogP contribution in [0.2, 0.25) is 0 Å². The molecule has 0 saturated heterocycles. The van der Waals surface area contributed by atoms with Crippen LogP contribution in [0.5, 0.6) is 5.75 Å². The van der Waals surface area contributed by atoms with Crippen molar-refractivity contribution in [2.24, 2.45) is 0 Å². The number of nitro benzene ring substituents is 2. The molecule has 0 heterocycles. The molecule has 0 fully saturated rings. The van der Waals surface area contributed by atoms with Crippen molar-refractivity contribution in [1.82, 2.24) is 5.32 Å². The molecule has 0 aromatic heterocycles. The van der Waals surface area contributed by atoms with E-state index in [1.807, 2.05) is 0 Å². The van der Waals surface area contributed by atoms with E-state index in [0.29, 0.717) is 6.54 Å². The number of non-ortho nitro benzene ring substituents is 1. The van der Waals surface area contributed by atoms with Crippen LogP contribution in [-0.4, -0.2) is 29.5 Å². The molecule has 1 N–H and O–H groups in total. The van der Waals surface area contributed by atoms with Crippen molar-refractivity contribution in [3.63, 3.8) is 0 Å². The SMILES string of the molecule is CNCC(C)Oc1ccc([N+](=O)[O-])cc1[N+](=O)[O-]. The maximum absolute atomic E-state index is 10.8. The normalized spacial score (nSPS) is 11.9. The fourth-order valence-electron chi connectivity index (χ4n) is 1.41. The van der Waals surface area contributed by atoms with Crippen LogP contribution in [0.3, 0.4) is 0 Å². The minimum absolute atomic E-state index is 0.0216. The summed E-state index contributed by atoms with van der Waals surface area (Å²) in [5.74, 6) is 0.0216. The van der Waals surface area contributed by atoms with Gasteiger partial charge in [0.25, 0.3) is 5.69 Å². The second-order valence-electron chi connectivity index (χ2n) is 3.65. The van der Waals surface area contributed by atoms with Gasteiger partial charge in [-0.25, -0.2) is 0 Å². The van der Waals surface area contributed by atoms with Gasteiger partial charge in [-0.3, -0.25) is 20.2 Å². The molecule has 98 valence electrons. The molecule has 0 saturated carbocycles. The second-order valence-corrected chi connectivity index (χ2v) is 3.65. The predicted molar refractivity (Wildman–Crippen MR) is 63.8 cm³/mol. The van der Waals surface area contributed by atoms with E-state index in [0.717, 1.165) is 6.07 Å². The summed E-state index contributed by atoms with van der Waals surface area (Å²) in [6.45, 7) is 2.25. The number of nitrogens with one attached hydrogen (secondary N) is 1. The van der Waals surface area contributed by atoms with E-state index >= 15 is 0 Å². The largest absolute Gasteiger partial charge is 0.482 e. The van der Waals surface area contributed by atoms with Gasteiger partial charge in [-0.05, 0) is 20.0 Å². The van der Waals surface area contributed by atoms with Gasteiger partial charge in [0.05, 0.1) is 15.9 Å². The number of nitro groups is 2. The van der Waals surface area contributed by atoms with Gasteiger partial charge in [0.2, 0.25) is 0 Å². The van der Waals surface area contributed by atoms with Crippen LogP contribution in [0, 0.1) is 20.2 Å². The van der Waals surface area contributed by atoms with E-state index in [1.54, 1.807) is 14.0 Å². The molecule has 0 aliphatic carbocycles. The first-order valence-corrected chi connectivity index (χ1v) is 5.19. The first kappa shape index (κ1) is 13.8. The number of rotatable bonds is 6. The van der Waals surface area contributed by atoms with Crippen LogP contribution >= 0.6 is 0 Å². The van der Waals surface area contributed by atoms with Gasteiger partial charge in [-0.15, -0.1) is 0 Å². The van der Waals surface area contributed by atoms with Gasteiger partial charge < -0.3 is 10.1 Å². The molecule has 0 aliphatic heterocycles. The van der Waals surface area contributed by atoms with Crippen molar-refractivity contribution in [3.05, 3.63) is 38.4 Å². The van der Waals surface area contributed by atoms with E-state index in [4.69, 9.17) is 4.74 Å². The average Bonchev–Trinajstić information content (AvgIpc) is 2.29. The zero-order valence-electron chi connectivity index (χ0n) is 9.95. The topological polar surface area (TPSA) is 108 Å². The lowest BCUT2D eigenvalue weighted by molar-refractivity contribution is -0.394. The van der Waals surface area contributed by atoms with Crippen molar-refractivity contribution < 1.29 is 14.6 Å². The molecule has 1 unspecified atom stereocenters. The van der Waals surface area contributed by atoms with Crippen LogP contribution in [0.15, 0.2) is 18.2 Å². The summed E-state index contributed by atoms with van der Waals surface area (Å²) < 4.78 is 5.36. The van der Waals surface area contributed by atoms with Crippen LogP contribution < -0.4 is 10.1 Å². The van der Waals surface area contributed by atoms with E-state index in [1.165, 1.54) is 12.1 Å². The Bertz CT molecular complexity index is 463. The fraction of sp³-hybridized carbons (Fsp3) is 0.400. The summed E-state index contributed by atoms with van der Waals surface area (Å²) >= 11 is 0. The molecule has 0 bridgehead atoms. The Hall–Kier alpha value is -2.22. The highest BCUT2D eigenvalue weighted by molar-refractivity contribution is 5.53. The van der Waals surface area contributed by atoms with Gasteiger partial charge in [0.15, 0.2) is 5.75 Å². The van der Waals surface area contributed by atoms with Gasteiger partial charge >= 0.3 is 5.69 Å². The predicted octanol–water partition coefficient (Wildman–Crippen LogP) is 1.49. The molecule has 0 aliphatic rings. The van der Waals surface area contributed by atoms with Crippen LogP contribution in [0.1, 0.15) is 6.92 Å². The van der Waals surface area contributed by atoms with Crippen molar-refractivity contribution in [2.75, 3.05) is 13.6 Å². The number of ether oxygens (including phenoxy) is 1. The minimum atomic E-state index is -0.700. The maximum Gasteiger partial charge on any atom is 0.317 e. The molecule has 0 radical (unpaired) electrons. The molecular formula is C10H13N3O5. The molecule has 8 heteroatoms. The second kappa shape index (κ2) is 5.92. The third kappa shape index (κ3) is 3.39. The molecule has 0 spiro atoms. The fourth-order valence-corrected chi connectivity index (χ4v) is 1.41. The lowest BCUT2D eigenvalue weighted by Gasteiger charge is -2.13. The number of likely N-dealkylation sites (N-methyl/N-ethyl adjacent to an activating group) is 1. The van der Waals surface area contributed by atoms with E-state index in [9.17, 15) is 20.2 Å². The van der Waals surface area contributed by atoms with Gasteiger partial charge in [0.1, 0.15) is 6.10 Å². The van der Waals surface area contributed by atoms with Crippen molar-refractivity contribution in [2.45, 2.75) is 13.0 Å². The summed E-state index contributed by atoms with van der Waals surface area (Å²) in [5, 5.41) is 24.2. The Morgan fingerprint density at radius 3 is 2.50 bits per heavy atom. The zero-order chi connectivity index (χ0) is 13.7. The molecule has 8 nitrogen and oxygen atoms in total. The molecule has 1 rings (SSSR count). The Balaban J connectivity index is 3.04. The first-order chi connectivity index (χ1) is 8.45. The number of hydrogen-bond donors (Lipinski definition) is 1. The molecule has 18 heavy (non-hydrogen) atoms. The van der Waals surface area contributed by atoms with E-state index in [2.05, 4.69) is 5.32 Å². The number of hydrogen-bond acceptors (Lipinski definition) is 6. The Morgan fingerprint density at radius 1 is 1.33 bits per heavy atom. The summed E-state index contributed by atoms with van der Waals surface area (Å²) in [6.07, 6.45) is -0.282. The highest BCUT2D eigenvalue weighted by Gasteiger charge is 2.21. The number of benzene rings is 1. The quantitative estimate of drug-likeness (QED) is 0.609. The van der Waals surface area contributed by atoms with Gasteiger partial charge in [-0.1, -0.05) is 0 Å². The van der Waals surface area contributed by atoms with Gasteiger partial charge in [-0.2, -0.15) is 0 Å². The molecule has 0 amide bonds. The standard InChI is InChI=1S/C10H13N3O5/c1-7(6-11-2)18-10-4-3-8(12(14)15)5-9(10)13(16)17/h3-5,7,11H,6H2,1-2H3. The lowest BCUT2D eigenvalue weighted by Crippen LogP contribution is -2.26. The third-order valence-corrected chi connectivity index (χ3v) is 2.17. The highest BCUT2D eigenvalue weighted by atomic mass is 16.6. The molecular weight excluding hydrogens is 242 g/mol. The average molecular weight is 255 g/mol. The summed E-state index contributed by atoms with van der Waals surface area (Å²) in [7, 11) is 1.73. The Labute approximate surface area is 103 Å². The first-order valence-electron chi connectivity index (χ1n) is 5.19. The van der Waals surface area contributed by atoms with Crippen LogP contribution in [-0.2, 0) is 0 Å². The molecule has 1 aromatic rings. The summed E-state index contributed by atoms with van der Waals surface area (Å²) in [5.41, 5.74) is -0.748. The van der Waals surface area contributed by atoms with E-state index < -0.39 is 15.5 Å². The summed E-state index contributed by atoms with van der Waals surface area (Å²) in [6, 6.07) is 3.30.